The van der Waals surface area contributed by atoms with Gasteiger partial charge < -0.3 is 14.8 Å². The molecule has 1 N–H and O–H groups in total. The van der Waals surface area contributed by atoms with Gasteiger partial charge in [-0.05, 0) is 49.4 Å². The standard InChI is InChI=1S/C21H26N2O3/c1-4-13-14-7-9-23-10-8-21(19(13)23)15-6-5-12(25-2)11-16(15)22-18(21)17(14)20(24)26-3/h5-6,11,13-14,19,22H,4,7-10H2,1-3H3. The fourth-order valence-corrected chi connectivity index (χ4v) is 6.36. The van der Waals surface area contributed by atoms with Crippen LogP contribution in [0.25, 0.3) is 0 Å². The number of piperidine rings is 1. The number of nitrogens with zero attached hydrogens (tertiary/aromatic N) is 1. The topological polar surface area (TPSA) is 50.8 Å². The molecule has 1 spiro atoms. The van der Waals surface area contributed by atoms with Crippen molar-refractivity contribution in [1.29, 1.82) is 0 Å². The van der Waals surface area contributed by atoms with Gasteiger partial charge in [-0.3, -0.25) is 4.90 Å². The number of hydrogen-bond donors (Lipinski definition) is 1. The minimum Gasteiger partial charge on any atom is -0.497 e. The summed E-state index contributed by atoms with van der Waals surface area (Å²) in [6.45, 7) is 4.44. The fourth-order valence-electron chi connectivity index (χ4n) is 6.36. The zero-order valence-corrected chi connectivity index (χ0v) is 15.7. The van der Waals surface area contributed by atoms with Gasteiger partial charge in [-0.25, -0.2) is 4.79 Å². The summed E-state index contributed by atoms with van der Waals surface area (Å²) in [5.74, 6) is 1.47. The molecule has 5 nitrogen and oxygen atoms in total. The van der Waals surface area contributed by atoms with Gasteiger partial charge in [0.25, 0.3) is 0 Å². The number of anilines is 1. The van der Waals surface area contributed by atoms with Crippen LogP contribution in [0.3, 0.4) is 0 Å². The van der Waals surface area contributed by atoms with Crippen LogP contribution in [-0.4, -0.2) is 44.2 Å². The first-order valence-corrected chi connectivity index (χ1v) is 9.68. The van der Waals surface area contributed by atoms with Crippen LogP contribution >= 0.6 is 0 Å². The molecule has 26 heavy (non-hydrogen) atoms. The van der Waals surface area contributed by atoms with Crippen molar-refractivity contribution >= 4 is 11.7 Å². The van der Waals surface area contributed by atoms with Gasteiger partial charge in [-0.2, -0.15) is 0 Å². The Balaban J connectivity index is 1.79. The van der Waals surface area contributed by atoms with Crippen LogP contribution in [0, 0.1) is 11.8 Å². The second kappa shape index (κ2) is 5.49. The van der Waals surface area contributed by atoms with Gasteiger partial charge in [-0.1, -0.05) is 19.4 Å². The number of benzene rings is 1. The number of methoxy groups -OCH3 is 2. The molecule has 3 aliphatic heterocycles. The summed E-state index contributed by atoms with van der Waals surface area (Å²) >= 11 is 0. The van der Waals surface area contributed by atoms with E-state index in [1.807, 2.05) is 0 Å². The van der Waals surface area contributed by atoms with E-state index in [0.717, 1.165) is 55.1 Å². The number of hydrogen-bond acceptors (Lipinski definition) is 5. The Morgan fingerprint density at radius 2 is 2.19 bits per heavy atom. The molecule has 2 bridgehead atoms. The molecular weight excluding hydrogens is 328 g/mol. The van der Waals surface area contributed by atoms with Crippen LogP contribution in [0.15, 0.2) is 29.5 Å². The molecule has 5 heteroatoms. The van der Waals surface area contributed by atoms with E-state index in [2.05, 4.69) is 35.3 Å². The lowest BCUT2D eigenvalue weighted by atomic mass is 9.57. The zero-order valence-electron chi connectivity index (χ0n) is 15.7. The van der Waals surface area contributed by atoms with Crippen LogP contribution in [0.1, 0.15) is 31.7 Å². The van der Waals surface area contributed by atoms with Gasteiger partial charge in [0, 0.05) is 23.5 Å². The van der Waals surface area contributed by atoms with Crippen molar-refractivity contribution < 1.29 is 14.3 Å². The van der Waals surface area contributed by atoms with Crippen molar-refractivity contribution in [1.82, 2.24) is 4.90 Å². The predicted molar refractivity (Wildman–Crippen MR) is 99.2 cm³/mol. The van der Waals surface area contributed by atoms with Gasteiger partial charge in [-0.15, -0.1) is 0 Å². The molecule has 4 atom stereocenters. The Bertz CT molecular complexity index is 817. The van der Waals surface area contributed by atoms with Gasteiger partial charge in [0.15, 0.2) is 0 Å². The SMILES string of the molecule is CCC1C2CCN3CCC4(C(=C2C(=O)OC)Nc2cc(OC)ccc24)C13. The molecule has 0 radical (unpaired) electrons. The predicted octanol–water partition coefficient (Wildman–Crippen LogP) is 2.92. The minimum absolute atomic E-state index is 0.108. The van der Waals surface area contributed by atoms with E-state index in [9.17, 15) is 4.79 Å². The summed E-state index contributed by atoms with van der Waals surface area (Å²) in [5, 5.41) is 3.64. The molecule has 1 aliphatic carbocycles. The average molecular weight is 354 g/mol. The van der Waals surface area contributed by atoms with E-state index >= 15 is 0 Å². The van der Waals surface area contributed by atoms with Gasteiger partial charge in [0.1, 0.15) is 5.75 Å². The van der Waals surface area contributed by atoms with Crippen molar-refractivity contribution in [3.05, 3.63) is 35.0 Å². The third kappa shape index (κ3) is 1.77. The molecule has 4 aliphatic rings. The Morgan fingerprint density at radius 1 is 1.35 bits per heavy atom. The molecule has 0 saturated carbocycles. The summed E-state index contributed by atoms with van der Waals surface area (Å²) in [6, 6.07) is 6.79. The maximum absolute atomic E-state index is 12.9. The Labute approximate surface area is 154 Å². The lowest BCUT2D eigenvalue weighted by Gasteiger charge is -2.52. The lowest BCUT2D eigenvalue weighted by Crippen LogP contribution is -2.58. The van der Waals surface area contributed by atoms with Crippen LogP contribution < -0.4 is 10.1 Å². The summed E-state index contributed by atoms with van der Waals surface area (Å²) < 4.78 is 10.7. The van der Waals surface area contributed by atoms with Crippen LogP contribution in [0.2, 0.25) is 0 Å². The van der Waals surface area contributed by atoms with E-state index < -0.39 is 0 Å². The third-order valence-electron chi connectivity index (χ3n) is 7.27. The highest BCUT2D eigenvalue weighted by atomic mass is 16.5. The average Bonchev–Trinajstić information content (AvgIpc) is 3.23. The smallest absolute Gasteiger partial charge is 0.335 e. The Hall–Kier alpha value is -2.01. The monoisotopic (exact) mass is 354 g/mol. The highest BCUT2D eigenvalue weighted by Gasteiger charge is 2.64. The zero-order chi connectivity index (χ0) is 18.1. The molecule has 2 fully saturated rings. The van der Waals surface area contributed by atoms with E-state index in [1.54, 1.807) is 7.11 Å². The molecule has 1 aromatic carbocycles. The first-order chi connectivity index (χ1) is 12.7. The number of rotatable bonds is 3. The van der Waals surface area contributed by atoms with Crippen LogP contribution in [-0.2, 0) is 14.9 Å². The maximum Gasteiger partial charge on any atom is 0.335 e. The number of esters is 1. The second-order valence-electron chi connectivity index (χ2n) is 7.99. The van der Waals surface area contributed by atoms with Crippen LogP contribution in [0.5, 0.6) is 5.75 Å². The molecule has 5 rings (SSSR count). The number of fused-ring (bicyclic) bond motifs is 2. The molecule has 4 unspecified atom stereocenters. The summed E-state index contributed by atoms with van der Waals surface area (Å²) in [5.41, 5.74) is 4.30. The Kier molecular flexibility index (Phi) is 3.42. The number of nitrogens with one attached hydrogen (secondary N) is 1. The third-order valence-corrected chi connectivity index (χ3v) is 7.27. The van der Waals surface area contributed by atoms with Crippen molar-refractivity contribution in [2.24, 2.45) is 11.8 Å². The second-order valence-corrected chi connectivity index (χ2v) is 7.99. The van der Waals surface area contributed by atoms with Gasteiger partial charge >= 0.3 is 5.97 Å². The van der Waals surface area contributed by atoms with E-state index in [1.165, 1.54) is 12.7 Å². The quantitative estimate of drug-likeness (QED) is 0.846. The highest BCUT2D eigenvalue weighted by molar-refractivity contribution is 5.93. The molecule has 0 amide bonds. The van der Waals surface area contributed by atoms with Crippen molar-refractivity contribution in [2.45, 2.75) is 37.6 Å². The maximum atomic E-state index is 12.9. The van der Waals surface area contributed by atoms with Crippen molar-refractivity contribution in [2.75, 3.05) is 32.6 Å². The lowest BCUT2D eigenvalue weighted by molar-refractivity contribution is -0.138. The van der Waals surface area contributed by atoms with Gasteiger partial charge in [0.05, 0.1) is 25.2 Å². The summed E-state index contributed by atoms with van der Waals surface area (Å²) in [4.78, 5) is 15.5. The Morgan fingerprint density at radius 3 is 2.92 bits per heavy atom. The molecule has 3 heterocycles. The van der Waals surface area contributed by atoms with Crippen LogP contribution in [0.4, 0.5) is 5.69 Å². The summed E-state index contributed by atoms with van der Waals surface area (Å²) in [6.07, 6.45) is 3.19. The number of carbonyl (C=O) groups excluding carboxylic acids is 1. The molecule has 138 valence electrons. The van der Waals surface area contributed by atoms with E-state index in [0.29, 0.717) is 17.9 Å². The molecule has 1 aromatic rings. The molecule has 2 saturated heterocycles. The molecular formula is C21H26N2O3. The number of carbonyl (C=O) groups is 1. The van der Waals surface area contributed by atoms with E-state index in [4.69, 9.17) is 9.47 Å². The van der Waals surface area contributed by atoms with Gasteiger partial charge in [0.2, 0.25) is 0 Å². The van der Waals surface area contributed by atoms with E-state index in [-0.39, 0.29) is 11.4 Å². The van der Waals surface area contributed by atoms with Crippen molar-refractivity contribution in [3.63, 3.8) is 0 Å². The minimum atomic E-state index is -0.158. The summed E-state index contributed by atoms with van der Waals surface area (Å²) in [7, 11) is 3.20. The normalized spacial score (nSPS) is 34.2. The molecule has 0 aromatic heterocycles. The number of ether oxygens (including phenoxy) is 2. The first-order valence-electron chi connectivity index (χ1n) is 9.68. The first kappa shape index (κ1) is 16.2. The highest BCUT2D eigenvalue weighted by Crippen LogP contribution is 2.63. The van der Waals surface area contributed by atoms with Crippen molar-refractivity contribution in [3.8, 4) is 5.75 Å². The fraction of sp³-hybridized carbons (Fsp3) is 0.571. The largest absolute Gasteiger partial charge is 0.497 e.